The lowest BCUT2D eigenvalue weighted by molar-refractivity contribution is 0.461. The Bertz CT molecular complexity index is 537. The van der Waals surface area contributed by atoms with Crippen LogP contribution in [0.15, 0.2) is 42.6 Å². The molecule has 1 unspecified atom stereocenters. The first-order chi connectivity index (χ1) is 9.71. The lowest BCUT2D eigenvalue weighted by atomic mass is 10.1. The summed E-state index contributed by atoms with van der Waals surface area (Å²) in [5.74, 6) is 1.45. The zero-order valence-electron chi connectivity index (χ0n) is 12.2. The standard InChI is InChI=1S/C17H22N2O/c1-3-13-6-5-7-16(11-13)20-17-9-8-14(12-19-17)10-15(18)4-2/h5-9,11-12,15H,3-4,10,18H2,1-2H3. The highest BCUT2D eigenvalue weighted by molar-refractivity contribution is 5.32. The Hall–Kier alpha value is -1.87. The van der Waals surface area contributed by atoms with Crippen molar-refractivity contribution in [2.75, 3.05) is 0 Å². The summed E-state index contributed by atoms with van der Waals surface area (Å²) in [6, 6.07) is 12.2. The van der Waals surface area contributed by atoms with Crippen molar-refractivity contribution >= 4 is 0 Å². The molecule has 0 aliphatic rings. The van der Waals surface area contributed by atoms with Crippen LogP contribution in [0.2, 0.25) is 0 Å². The van der Waals surface area contributed by atoms with E-state index in [0.29, 0.717) is 5.88 Å². The van der Waals surface area contributed by atoms with Gasteiger partial charge in [0.15, 0.2) is 0 Å². The van der Waals surface area contributed by atoms with Crippen LogP contribution in [0.25, 0.3) is 0 Å². The predicted octanol–water partition coefficient (Wildman–Crippen LogP) is 3.72. The SMILES string of the molecule is CCc1cccc(Oc2ccc(CC(N)CC)cn2)c1. The Balaban J connectivity index is 2.02. The van der Waals surface area contributed by atoms with Crippen molar-refractivity contribution in [1.82, 2.24) is 4.98 Å². The zero-order valence-corrected chi connectivity index (χ0v) is 12.2. The first-order valence-electron chi connectivity index (χ1n) is 7.18. The maximum absolute atomic E-state index is 5.94. The number of aryl methyl sites for hydroxylation is 1. The van der Waals surface area contributed by atoms with E-state index in [1.54, 1.807) is 0 Å². The highest BCUT2D eigenvalue weighted by atomic mass is 16.5. The Kier molecular flexibility index (Phi) is 5.13. The molecule has 0 bridgehead atoms. The van der Waals surface area contributed by atoms with Gasteiger partial charge in [0.1, 0.15) is 5.75 Å². The summed E-state index contributed by atoms with van der Waals surface area (Å²) >= 11 is 0. The van der Waals surface area contributed by atoms with Crippen molar-refractivity contribution in [3.05, 3.63) is 53.7 Å². The number of rotatable bonds is 6. The van der Waals surface area contributed by atoms with Gasteiger partial charge in [-0.2, -0.15) is 0 Å². The van der Waals surface area contributed by atoms with E-state index in [2.05, 4.69) is 24.9 Å². The van der Waals surface area contributed by atoms with E-state index in [0.717, 1.165) is 30.6 Å². The van der Waals surface area contributed by atoms with Crippen LogP contribution >= 0.6 is 0 Å². The monoisotopic (exact) mass is 270 g/mol. The molecule has 2 aromatic rings. The molecule has 2 N–H and O–H groups in total. The quantitative estimate of drug-likeness (QED) is 0.870. The molecule has 3 nitrogen and oxygen atoms in total. The Labute approximate surface area is 120 Å². The molecule has 1 heterocycles. The van der Waals surface area contributed by atoms with Crippen LogP contribution in [-0.4, -0.2) is 11.0 Å². The fraction of sp³-hybridized carbons (Fsp3) is 0.353. The van der Waals surface area contributed by atoms with Crippen molar-refractivity contribution in [3.8, 4) is 11.6 Å². The molecule has 0 amide bonds. The van der Waals surface area contributed by atoms with Crippen molar-refractivity contribution in [2.24, 2.45) is 5.73 Å². The van der Waals surface area contributed by atoms with Gasteiger partial charge in [-0.15, -0.1) is 0 Å². The molecule has 1 aromatic heterocycles. The third-order valence-electron chi connectivity index (χ3n) is 3.35. The van der Waals surface area contributed by atoms with Crippen molar-refractivity contribution in [2.45, 2.75) is 39.2 Å². The van der Waals surface area contributed by atoms with Crippen LogP contribution in [-0.2, 0) is 12.8 Å². The Morgan fingerprint density at radius 1 is 1.15 bits per heavy atom. The summed E-state index contributed by atoms with van der Waals surface area (Å²) in [6.07, 6.45) is 4.67. The van der Waals surface area contributed by atoms with Crippen LogP contribution < -0.4 is 10.5 Å². The first-order valence-corrected chi connectivity index (χ1v) is 7.18. The smallest absolute Gasteiger partial charge is 0.219 e. The summed E-state index contributed by atoms with van der Waals surface area (Å²) < 4.78 is 5.76. The number of benzene rings is 1. The third kappa shape index (κ3) is 4.07. The second-order valence-corrected chi connectivity index (χ2v) is 4.98. The second-order valence-electron chi connectivity index (χ2n) is 4.98. The number of nitrogens with zero attached hydrogens (tertiary/aromatic N) is 1. The van der Waals surface area contributed by atoms with Gasteiger partial charge in [-0.25, -0.2) is 4.98 Å². The van der Waals surface area contributed by atoms with E-state index < -0.39 is 0 Å². The van der Waals surface area contributed by atoms with Crippen LogP contribution in [0.4, 0.5) is 0 Å². The van der Waals surface area contributed by atoms with Gasteiger partial charge in [0.2, 0.25) is 5.88 Å². The summed E-state index contributed by atoms with van der Waals surface area (Å²) in [4.78, 5) is 4.34. The van der Waals surface area contributed by atoms with Gasteiger partial charge in [0.25, 0.3) is 0 Å². The largest absolute Gasteiger partial charge is 0.439 e. The second kappa shape index (κ2) is 7.06. The van der Waals surface area contributed by atoms with Crippen molar-refractivity contribution in [3.63, 3.8) is 0 Å². The highest BCUT2D eigenvalue weighted by Gasteiger charge is 2.03. The Morgan fingerprint density at radius 3 is 2.65 bits per heavy atom. The summed E-state index contributed by atoms with van der Waals surface area (Å²) in [6.45, 7) is 4.22. The molecule has 0 fully saturated rings. The summed E-state index contributed by atoms with van der Waals surface area (Å²) in [7, 11) is 0. The van der Waals surface area contributed by atoms with E-state index in [1.165, 1.54) is 5.56 Å². The number of hydrogen-bond acceptors (Lipinski definition) is 3. The number of ether oxygens (including phenoxy) is 1. The maximum atomic E-state index is 5.94. The molecule has 2 rings (SSSR count). The van der Waals surface area contributed by atoms with Crippen molar-refractivity contribution in [1.29, 1.82) is 0 Å². The van der Waals surface area contributed by atoms with Gasteiger partial charge in [-0.1, -0.05) is 32.0 Å². The maximum Gasteiger partial charge on any atom is 0.219 e. The molecule has 20 heavy (non-hydrogen) atoms. The minimum atomic E-state index is 0.199. The van der Waals surface area contributed by atoms with E-state index >= 15 is 0 Å². The van der Waals surface area contributed by atoms with Gasteiger partial charge >= 0.3 is 0 Å². The lowest BCUT2D eigenvalue weighted by Crippen LogP contribution is -2.21. The summed E-state index contributed by atoms with van der Waals surface area (Å²) in [5.41, 5.74) is 8.34. The average Bonchev–Trinajstić information content (AvgIpc) is 2.49. The van der Waals surface area contributed by atoms with Crippen LogP contribution in [0.1, 0.15) is 31.4 Å². The van der Waals surface area contributed by atoms with E-state index in [4.69, 9.17) is 10.5 Å². The molecule has 0 spiro atoms. The van der Waals surface area contributed by atoms with E-state index in [1.807, 2.05) is 36.5 Å². The normalized spacial score (nSPS) is 12.2. The third-order valence-corrected chi connectivity index (χ3v) is 3.35. The van der Waals surface area contributed by atoms with Crippen molar-refractivity contribution < 1.29 is 4.74 Å². The van der Waals surface area contributed by atoms with Crippen LogP contribution in [0.3, 0.4) is 0 Å². The van der Waals surface area contributed by atoms with Crippen LogP contribution in [0.5, 0.6) is 11.6 Å². The molecule has 0 radical (unpaired) electrons. The molecular formula is C17H22N2O. The van der Waals surface area contributed by atoms with Gasteiger partial charge in [0, 0.05) is 18.3 Å². The van der Waals surface area contributed by atoms with Gasteiger partial charge in [-0.05, 0) is 42.5 Å². The van der Waals surface area contributed by atoms with Gasteiger partial charge < -0.3 is 10.5 Å². The first kappa shape index (κ1) is 14.5. The molecule has 0 aliphatic carbocycles. The summed E-state index contributed by atoms with van der Waals surface area (Å²) in [5, 5.41) is 0. The predicted molar refractivity (Wildman–Crippen MR) is 82.1 cm³/mol. The Morgan fingerprint density at radius 2 is 2.00 bits per heavy atom. The number of pyridine rings is 1. The molecule has 1 atom stereocenters. The molecule has 0 saturated carbocycles. The molecule has 106 valence electrons. The topological polar surface area (TPSA) is 48.1 Å². The van der Waals surface area contributed by atoms with Gasteiger partial charge in [0.05, 0.1) is 0 Å². The van der Waals surface area contributed by atoms with Gasteiger partial charge in [-0.3, -0.25) is 0 Å². The van der Waals surface area contributed by atoms with Crippen LogP contribution in [0, 0.1) is 0 Å². The number of hydrogen-bond donors (Lipinski definition) is 1. The number of nitrogens with two attached hydrogens (primary N) is 1. The molecule has 1 aromatic carbocycles. The minimum Gasteiger partial charge on any atom is -0.439 e. The average molecular weight is 270 g/mol. The molecule has 0 aliphatic heterocycles. The van der Waals surface area contributed by atoms with E-state index in [-0.39, 0.29) is 6.04 Å². The number of aromatic nitrogens is 1. The lowest BCUT2D eigenvalue weighted by Gasteiger charge is -2.09. The zero-order chi connectivity index (χ0) is 14.4. The molecule has 0 saturated heterocycles. The fourth-order valence-electron chi connectivity index (χ4n) is 1.99. The van der Waals surface area contributed by atoms with E-state index in [9.17, 15) is 0 Å². The molecular weight excluding hydrogens is 248 g/mol. The minimum absolute atomic E-state index is 0.199. The highest BCUT2D eigenvalue weighted by Crippen LogP contribution is 2.21. The molecule has 3 heteroatoms. The fourth-order valence-corrected chi connectivity index (χ4v) is 1.99.